The fourth-order valence-corrected chi connectivity index (χ4v) is 6.45. The van der Waals surface area contributed by atoms with Crippen molar-refractivity contribution in [2.24, 2.45) is 5.92 Å². The summed E-state index contributed by atoms with van der Waals surface area (Å²) in [5.74, 6) is 1.48. The van der Waals surface area contributed by atoms with Gasteiger partial charge in [0.2, 0.25) is 0 Å². The number of piperidine rings is 3. The first-order valence-corrected chi connectivity index (χ1v) is 9.23. The van der Waals surface area contributed by atoms with Gasteiger partial charge in [-0.15, -0.1) is 23.7 Å². The van der Waals surface area contributed by atoms with Crippen molar-refractivity contribution in [2.45, 2.75) is 56.1 Å². The third-order valence-electron chi connectivity index (χ3n) is 6.26. The van der Waals surface area contributed by atoms with E-state index in [1.807, 2.05) is 11.3 Å². The van der Waals surface area contributed by atoms with Crippen LogP contribution in [0.5, 0.6) is 0 Å². The summed E-state index contributed by atoms with van der Waals surface area (Å²) < 4.78 is 6.90. The minimum atomic E-state index is 0. The molecule has 1 spiro atoms. The normalized spacial score (nSPS) is 44.0. The molecule has 0 radical (unpaired) electrons. The minimum absolute atomic E-state index is 0. The minimum Gasteiger partial charge on any atom is -0.365 e. The molecule has 0 N–H and O–H groups in total. The molecule has 1 aliphatic carbocycles. The molecule has 0 aromatic carbocycles. The molecule has 4 heteroatoms. The van der Waals surface area contributed by atoms with E-state index in [4.69, 9.17) is 4.74 Å². The molecule has 1 saturated carbocycles. The van der Waals surface area contributed by atoms with E-state index in [2.05, 4.69) is 16.3 Å². The fraction of sp³-hybridized carbons (Fsp3) is 0.765. The fourth-order valence-electron chi connectivity index (χ4n) is 5.29. The van der Waals surface area contributed by atoms with Gasteiger partial charge in [0.1, 0.15) is 5.60 Å². The van der Waals surface area contributed by atoms with E-state index in [0.29, 0.717) is 12.0 Å². The van der Waals surface area contributed by atoms with E-state index in [1.165, 1.54) is 51.6 Å². The first-order chi connectivity index (χ1) is 9.87. The van der Waals surface area contributed by atoms with Crippen LogP contribution in [0.2, 0.25) is 0 Å². The number of fused-ring (bicyclic) bond motifs is 5. The van der Waals surface area contributed by atoms with Crippen molar-refractivity contribution < 1.29 is 4.74 Å². The maximum Gasteiger partial charge on any atom is 0.110 e. The van der Waals surface area contributed by atoms with Crippen molar-refractivity contribution in [3.8, 4) is 0 Å². The Bertz CT molecular complexity index is 525. The third-order valence-corrected chi connectivity index (χ3v) is 7.31. The van der Waals surface area contributed by atoms with Crippen LogP contribution in [0, 0.1) is 5.92 Å². The van der Waals surface area contributed by atoms with E-state index in [9.17, 15) is 0 Å². The third kappa shape index (κ3) is 1.97. The Kier molecular flexibility index (Phi) is 3.61. The maximum absolute atomic E-state index is 6.90. The average Bonchev–Trinajstić information content (AvgIpc) is 2.99. The molecule has 3 saturated heterocycles. The highest BCUT2D eigenvalue weighted by molar-refractivity contribution is 7.10. The van der Waals surface area contributed by atoms with Crippen LogP contribution in [0.25, 0.3) is 0 Å². The van der Waals surface area contributed by atoms with Crippen LogP contribution in [0.3, 0.4) is 0 Å². The van der Waals surface area contributed by atoms with E-state index < -0.39 is 0 Å². The Morgan fingerprint density at radius 1 is 1.14 bits per heavy atom. The number of halogens is 1. The number of ether oxygens (including phenoxy) is 1. The van der Waals surface area contributed by atoms with Crippen molar-refractivity contribution in [1.29, 1.82) is 0 Å². The van der Waals surface area contributed by atoms with Crippen molar-refractivity contribution >= 4 is 23.7 Å². The van der Waals surface area contributed by atoms with Gasteiger partial charge >= 0.3 is 0 Å². The molecule has 1 aromatic rings. The molecular weight excluding hydrogens is 302 g/mol. The molecule has 6 rings (SSSR count). The van der Waals surface area contributed by atoms with Crippen molar-refractivity contribution in [2.75, 3.05) is 19.6 Å². The highest BCUT2D eigenvalue weighted by atomic mass is 35.5. The Morgan fingerprint density at radius 3 is 2.71 bits per heavy atom. The van der Waals surface area contributed by atoms with Gasteiger partial charge in [-0.2, -0.15) is 0 Å². The molecule has 2 nitrogen and oxygen atoms in total. The monoisotopic (exact) mass is 325 g/mol. The Labute approximate surface area is 137 Å². The molecule has 5 aliphatic rings. The van der Waals surface area contributed by atoms with Gasteiger partial charge in [-0.1, -0.05) is 12.8 Å². The predicted molar refractivity (Wildman–Crippen MR) is 88.5 cm³/mol. The van der Waals surface area contributed by atoms with Crippen molar-refractivity contribution in [3.05, 3.63) is 21.9 Å². The molecule has 4 fully saturated rings. The summed E-state index contributed by atoms with van der Waals surface area (Å²) in [7, 11) is 0. The van der Waals surface area contributed by atoms with E-state index in [0.717, 1.165) is 12.5 Å². The molecule has 0 amide bonds. The van der Waals surface area contributed by atoms with Gasteiger partial charge in [0, 0.05) is 17.3 Å². The lowest BCUT2D eigenvalue weighted by molar-refractivity contribution is -0.206. The zero-order valence-corrected chi connectivity index (χ0v) is 14.1. The van der Waals surface area contributed by atoms with Crippen LogP contribution in [-0.2, 0) is 10.3 Å². The summed E-state index contributed by atoms with van der Waals surface area (Å²) in [4.78, 5) is 4.33. The summed E-state index contributed by atoms with van der Waals surface area (Å²) >= 11 is 2.01. The highest BCUT2D eigenvalue weighted by Crippen LogP contribution is 2.55. The molecule has 3 unspecified atom stereocenters. The summed E-state index contributed by atoms with van der Waals surface area (Å²) in [6.07, 6.45) is 8.59. The Balaban J connectivity index is 0.00000115. The van der Waals surface area contributed by atoms with Gasteiger partial charge < -0.3 is 9.64 Å². The Hall–Kier alpha value is -0.0900. The molecule has 1 aromatic heterocycles. The summed E-state index contributed by atoms with van der Waals surface area (Å²) in [5, 5.41) is 2.32. The zero-order chi connectivity index (χ0) is 13.2. The number of thiophene rings is 1. The van der Waals surface area contributed by atoms with Crippen LogP contribution in [0.15, 0.2) is 11.4 Å². The second-order valence-corrected chi connectivity index (χ2v) is 8.13. The smallest absolute Gasteiger partial charge is 0.110 e. The highest BCUT2D eigenvalue weighted by Gasteiger charge is 2.55. The van der Waals surface area contributed by atoms with Gasteiger partial charge in [0.25, 0.3) is 0 Å². The van der Waals surface area contributed by atoms with Crippen LogP contribution in [-0.4, -0.2) is 30.6 Å². The molecule has 4 aliphatic heterocycles. The topological polar surface area (TPSA) is 12.5 Å². The van der Waals surface area contributed by atoms with Crippen LogP contribution in [0.1, 0.15) is 54.9 Å². The lowest BCUT2D eigenvalue weighted by Crippen LogP contribution is -2.61. The first-order valence-electron chi connectivity index (χ1n) is 8.35. The molecule has 116 valence electrons. The van der Waals surface area contributed by atoms with Gasteiger partial charge in [-0.3, -0.25) is 0 Å². The van der Waals surface area contributed by atoms with Crippen molar-refractivity contribution in [1.82, 2.24) is 4.90 Å². The Morgan fingerprint density at radius 2 is 1.95 bits per heavy atom. The van der Waals surface area contributed by atoms with E-state index >= 15 is 0 Å². The molecule has 5 heterocycles. The summed E-state index contributed by atoms with van der Waals surface area (Å²) in [6.45, 7) is 3.75. The van der Waals surface area contributed by atoms with E-state index in [1.54, 1.807) is 10.4 Å². The van der Waals surface area contributed by atoms with Gasteiger partial charge in [-0.05, 0) is 61.7 Å². The molecule has 3 atom stereocenters. The van der Waals surface area contributed by atoms with Gasteiger partial charge in [-0.25, -0.2) is 0 Å². The number of hydrogen-bond acceptors (Lipinski definition) is 3. The molecular formula is C17H24ClNOS. The second-order valence-electron chi connectivity index (χ2n) is 7.19. The quantitative estimate of drug-likeness (QED) is 0.710. The summed E-state index contributed by atoms with van der Waals surface area (Å²) in [5.41, 5.74) is 1.64. The largest absolute Gasteiger partial charge is 0.365 e. The van der Waals surface area contributed by atoms with Crippen LogP contribution >= 0.6 is 23.7 Å². The average molecular weight is 326 g/mol. The van der Waals surface area contributed by atoms with Crippen LogP contribution < -0.4 is 0 Å². The first kappa shape index (κ1) is 14.5. The predicted octanol–water partition coefficient (Wildman–Crippen LogP) is 4.15. The lowest BCUT2D eigenvalue weighted by atomic mass is 9.67. The molecule has 2 bridgehead atoms. The van der Waals surface area contributed by atoms with Gasteiger partial charge in [0.05, 0.1) is 6.10 Å². The number of nitrogens with zero attached hydrogens (tertiary/aromatic N) is 1. The van der Waals surface area contributed by atoms with Gasteiger partial charge in [0.15, 0.2) is 0 Å². The van der Waals surface area contributed by atoms with Crippen molar-refractivity contribution in [3.63, 3.8) is 0 Å². The number of rotatable bonds is 0. The zero-order valence-electron chi connectivity index (χ0n) is 12.4. The maximum atomic E-state index is 6.90. The SMILES string of the molecule is Cl.c1cc2c(s1)C1CCCCC1OC21CN2CCC1CC2. The lowest BCUT2D eigenvalue weighted by Gasteiger charge is -2.57. The van der Waals surface area contributed by atoms with E-state index in [-0.39, 0.29) is 18.0 Å². The summed E-state index contributed by atoms with van der Waals surface area (Å²) in [6, 6.07) is 2.40. The second kappa shape index (κ2) is 5.23. The standard InChI is InChI=1S/C17H23NOS.ClH/c1-2-4-15-13(3-1)16-14(7-10-20-16)17(19-15)11-18-8-5-12(17)6-9-18;/h7,10,12-13,15H,1-6,8-9,11H2;1H. The number of hydrogen-bond donors (Lipinski definition) is 0. The molecule has 21 heavy (non-hydrogen) atoms. The van der Waals surface area contributed by atoms with Crippen LogP contribution in [0.4, 0.5) is 0 Å².